The van der Waals surface area contributed by atoms with Crippen LogP contribution in [-0.4, -0.2) is 29.6 Å². The smallest absolute Gasteiger partial charge is 0.240 e. The molecule has 0 amide bonds. The molecule has 2 aromatic heterocycles. The Kier molecular flexibility index (Phi) is 6.25. The number of sulfonamides is 1. The molecule has 0 fully saturated rings. The lowest BCUT2D eigenvalue weighted by atomic mass is 10.1. The van der Waals surface area contributed by atoms with Gasteiger partial charge in [0.05, 0.1) is 24.6 Å². The standard InChI is InChI=1S/C24H26N4O3S/c1-4-31-20-10-8-19(9-11-20)16-28-23(27-22-6-5-13-25-24(22)28)15-26-32(29,30)21-12-7-17(2)18(3)14-21/h5-14,26H,4,15-16H2,1-3H3. The molecule has 0 aliphatic heterocycles. The highest BCUT2D eigenvalue weighted by atomic mass is 32.2. The summed E-state index contributed by atoms with van der Waals surface area (Å²) in [6.07, 6.45) is 1.71. The number of aryl methyl sites for hydroxylation is 2. The third-order valence-corrected chi connectivity index (χ3v) is 6.77. The second kappa shape index (κ2) is 9.10. The Morgan fingerprint density at radius 3 is 2.53 bits per heavy atom. The van der Waals surface area contributed by atoms with Crippen LogP contribution in [0.25, 0.3) is 11.2 Å². The molecule has 2 aromatic carbocycles. The minimum absolute atomic E-state index is 0.0582. The molecule has 0 radical (unpaired) electrons. The number of ether oxygens (including phenoxy) is 1. The van der Waals surface area contributed by atoms with Gasteiger partial charge in [0.25, 0.3) is 0 Å². The summed E-state index contributed by atoms with van der Waals surface area (Å²) in [6.45, 7) is 6.98. The fourth-order valence-electron chi connectivity index (χ4n) is 3.47. The molecule has 4 aromatic rings. The maximum atomic E-state index is 12.9. The first kappa shape index (κ1) is 22.0. The van der Waals surface area contributed by atoms with Crippen LogP contribution < -0.4 is 9.46 Å². The highest BCUT2D eigenvalue weighted by molar-refractivity contribution is 7.89. The summed E-state index contributed by atoms with van der Waals surface area (Å²) >= 11 is 0. The number of pyridine rings is 1. The van der Waals surface area contributed by atoms with Gasteiger partial charge in [0.15, 0.2) is 5.65 Å². The van der Waals surface area contributed by atoms with E-state index in [1.54, 1.807) is 18.3 Å². The third kappa shape index (κ3) is 4.66. The van der Waals surface area contributed by atoms with Crippen LogP contribution in [0.1, 0.15) is 29.4 Å². The van der Waals surface area contributed by atoms with Crippen molar-refractivity contribution < 1.29 is 13.2 Å². The first-order valence-electron chi connectivity index (χ1n) is 10.5. The van der Waals surface area contributed by atoms with Crippen LogP contribution >= 0.6 is 0 Å². The van der Waals surface area contributed by atoms with E-state index in [2.05, 4.69) is 14.7 Å². The van der Waals surface area contributed by atoms with Gasteiger partial charge in [-0.2, -0.15) is 0 Å². The Bertz CT molecular complexity index is 1350. The molecule has 166 valence electrons. The summed E-state index contributed by atoms with van der Waals surface area (Å²) in [4.78, 5) is 9.34. The lowest BCUT2D eigenvalue weighted by molar-refractivity contribution is 0.340. The van der Waals surface area contributed by atoms with Gasteiger partial charge in [-0.05, 0) is 73.9 Å². The largest absolute Gasteiger partial charge is 0.494 e. The van der Waals surface area contributed by atoms with Crippen molar-refractivity contribution in [1.29, 1.82) is 0 Å². The highest BCUT2D eigenvalue weighted by Gasteiger charge is 2.18. The average Bonchev–Trinajstić information content (AvgIpc) is 3.13. The topological polar surface area (TPSA) is 86.1 Å². The summed E-state index contributed by atoms with van der Waals surface area (Å²) in [5.74, 6) is 1.41. The summed E-state index contributed by atoms with van der Waals surface area (Å²) in [6, 6.07) is 16.6. The van der Waals surface area contributed by atoms with Crippen LogP contribution in [-0.2, 0) is 23.1 Å². The van der Waals surface area contributed by atoms with Crippen LogP contribution in [0.4, 0.5) is 0 Å². The molecule has 2 heterocycles. The average molecular weight is 451 g/mol. The number of nitrogens with zero attached hydrogens (tertiary/aromatic N) is 3. The first-order valence-corrected chi connectivity index (χ1v) is 11.9. The van der Waals surface area contributed by atoms with Gasteiger partial charge in [-0.15, -0.1) is 0 Å². The third-order valence-electron chi connectivity index (χ3n) is 5.37. The second-order valence-electron chi connectivity index (χ2n) is 7.61. The molecule has 32 heavy (non-hydrogen) atoms. The van der Waals surface area contributed by atoms with Crippen LogP contribution in [0.5, 0.6) is 5.75 Å². The van der Waals surface area contributed by atoms with E-state index >= 15 is 0 Å². The normalized spacial score (nSPS) is 11.7. The van der Waals surface area contributed by atoms with Crippen molar-refractivity contribution >= 4 is 21.2 Å². The molecule has 0 aliphatic carbocycles. The van der Waals surface area contributed by atoms with Crippen LogP contribution in [0, 0.1) is 13.8 Å². The van der Waals surface area contributed by atoms with Gasteiger partial charge >= 0.3 is 0 Å². The monoisotopic (exact) mass is 450 g/mol. The maximum Gasteiger partial charge on any atom is 0.240 e. The highest BCUT2D eigenvalue weighted by Crippen LogP contribution is 2.19. The number of benzene rings is 2. The van der Waals surface area contributed by atoms with Crippen molar-refractivity contribution in [2.24, 2.45) is 0 Å². The van der Waals surface area contributed by atoms with Crippen molar-refractivity contribution in [3.05, 3.63) is 83.3 Å². The zero-order valence-electron chi connectivity index (χ0n) is 18.4. The van der Waals surface area contributed by atoms with E-state index in [0.29, 0.717) is 24.6 Å². The van der Waals surface area contributed by atoms with Crippen LogP contribution in [0.2, 0.25) is 0 Å². The molecule has 0 aliphatic rings. The van der Waals surface area contributed by atoms with Gasteiger partial charge in [-0.3, -0.25) is 0 Å². The molecule has 0 saturated heterocycles. The van der Waals surface area contributed by atoms with E-state index in [1.165, 1.54) is 0 Å². The van der Waals surface area contributed by atoms with Crippen molar-refractivity contribution in [2.45, 2.75) is 38.8 Å². The van der Waals surface area contributed by atoms with Crippen molar-refractivity contribution in [3.63, 3.8) is 0 Å². The Morgan fingerprint density at radius 2 is 1.81 bits per heavy atom. The molecule has 0 spiro atoms. The van der Waals surface area contributed by atoms with E-state index in [-0.39, 0.29) is 11.4 Å². The number of nitrogens with one attached hydrogen (secondary N) is 1. The number of hydrogen-bond donors (Lipinski definition) is 1. The minimum atomic E-state index is -3.68. The predicted molar refractivity (Wildman–Crippen MR) is 124 cm³/mol. The van der Waals surface area contributed by atoms with Gasteiger partial charge in [0, 0.05) is 6.20 Å². The molecule has 0 unspecified atom stereocenters. The van der Waals surface area contributed by atoms with Crippen LogP contribution in [0.15, 0.2) is 65.7 Å². The van der Waals surface area contributed by atoms with Gasteiger partial charge in [0.2, 0.25) is 10.0 Å². The van der Waals surface area contributed by atoms with E-state index in [4.69, 9.17) is 4.74 Å². The van der Waals surface area contributed by atoms with Gasteiger partial charge in [-0.1, -0.05) is 18.2 Å². The predicted octanol–water partition coefficient (Wildman–Crippen LogP) is 3.97. The number of fused-ring (bicyclic) bond motifs is 1. The zero-order chi connectivity index (χ0) is 22.7. The molecule has 4 rings (SSSR count). The molecular weight excluding hydrogens is 424 g/mol. The van der Waals surface area contributed by atoms with Crippen molar-refractivity contribution in [1.82, 2.24) is 19.3 Å². The van der Waals surface area contributed by atoms with Gasteiger partial charge in [-0.25, -0.2) is 23.1 Å². The van der Waals surface area contributed by atoms with E-state index in [0.717, 1.165) is 28.0 Å². The number of imidazole rings is 1. The number of hydrogen-bond acceptors (Lipinski definition) is 5. The quantitative estimate of drug-likeness (QED) is 0.439. The fourth-order valence-corrected chi connectivity index (χ4v) is 4.54. The minimum Gasteiger partial charge on any atom is -0.494 e. The zero-order valence-corrected chi connectivity index (χ0v) is 19.2. The Balaban J connectivity index is 1.61. The second-order valence-corrected chi connectivity index (χ2v) is 9.37. The SMILES string of the molecule is CCOc1ccc(Cn2c(CNS(=O)(=O)c3ccc(C)c(C)c3)nc3cccnc32)cc1. The molecule has 7 nitrogen and oxygen atoms in total. The number of rotatable bonds is 8. The van der Waals surface area contributed by atoms with E-state index in [1.807, 2.05) is 67.8 Å². The number of aromatic nitrogens is 3. The van der Waals surface area contributed by atoms with E-state index in [9.17, 15) is 8.42 Å². The molecule has 8 heteroatoms. The van der Waals surface area contributed by atoms with Gasteiger partial charge < -0.3 is 9.30 Å². The summed E-state index contributed by atoms with van der Waals surface area (Å²) in [5, 5.41) is 0. The lowest BCUT2D eigenvalue weighted by Crippen LogP contribution is -2.25. The maximum absolute atomic E-state index is 12.9. The lowest BCUT2D eigenvalue weighted by Gasteiger charge is -2.12. The van der Waals surface area contributed by atoms with Crippen molar-refractivity contribution in [3.8, 4) is 5.75 Å². The summed E-state index contributed by atoms with van der Waals surface area (Å²) in [7, 11) is -3.68. The first-order chi connectivity index (χ1) is 15.4. The van der Waals surface area contributed by atoms with Gasteiger partial charge in [0.1, 0.15) is 17.1 Å². The molecule has 0 saturated carbocycles. The summed E-state index contributed by atoms with van der Waals surface area (Å²) in [5.41, 5.74) is 4.45. The van der Waals surface area contributed by atoms with Crippen molar-refractivity contribution in [2.75, 3.05) is 6.61 Å². The van der Waals surface area contributed by atoms with Crippen LogP contribution in [0.3, 0.4) is 0 Å². The Labute approximate surface area is 188 Å². The Hall–Kier alpha value is -3.23. The molecule has 0 atom stereocenters. The summed E-state index contributed by atoms with van der Waals surface area (Å²) < 4.78 is 35.9. The van der Waals surface area contributed by atoms with E-state index < -0.39 is 10.0 Å². The molecule has 0 bridgehead atoms. The fraction of sp³-hybridized carbons (Fsp3) is 0.250. The molecular formula is C24H26N4O3S. The molecule has 1 N–H and O–H groups in total. The Morgan fingerprint density at radius 1 is 1.03 bits per heavy atom.